The largest absolute Gasteiger partial charge is 0.444 e. The number of nitrogens with zero attached hydrogens (tertiary/aromatic N) is 2. The third-order valence-corrected chi connectivity index (χ3v) is 4.44. The van der Waals surface area contributed by atoms with Gasteiger partial charge in [-0.1, -0.05) is 13.8 Å². The summed E-state index contributed by atoms with van der Waals surface area (Å²) in [5.74, 6) is 1.94. The zero-order valence-corrected chi connectivity index (χ0v) is 18.3. The van der Waals surface area contributed by atoms with Crippen LogP contribution in [-0.2, 0) is 9.47 Å². The zero-order valence-electron chi connectivity index (χ0n) is 18.3. The van der Waals surface area contributed by atoms with E-state index in [9.17, 15) is 4.79 Å². The van der Waals surface area contributed by atoms with Gasteiger partial charge in [-0.25, -0.2) is 4.79 Å². The number of aliphatic imine (C=N–C) groups is 1. The van der Waals surface area contributed by atoms with Crippen molar-refractivity contribution in [3.8, 4) is 0 Å². The Morgan fingerprint density at radius 2 is 1.96 bits per heavy atom. The van der Waals surface area contributed by atoms with Crippen molar-refractivity contribution in [1.29, 1.82) is 0 Å². The van der Waals surface area contributed by atoms with Gasteiger partial charge in [0.05, 0.1) is 6.61 Å². The summed E-state index contributed by atoms with van der Waals surface area (Å²) < 4.78 is 11.0. The molecule has 2 N–H and O–H groups in total. The van der Waals surface area contributed by atoms with Crippen LogP contribution in [0.25, 0.3) is 0 Å². The van der Waals surface area contributed by atoms with Crippen LogP contribution in [0.5, 0.6) is 0 Å². The number of carbonyl (C=O) groups is 1. The van der Waals surface area contributed by atoms with E-state index in [0.717, 1.165) is 38.0 Å². The van der Waals surface area contributed by atoms with E-state index in [4.69, 9.17) is 9.47 Å². The van der Waals surface area contributed by atoms with Crippen molar-refractivity contribution in [2.45, 2.75) is 65.5 Å². The molecule has 1 rings (SSSR count). The Kier molecular flexibility index (Phi) is 9.91. The Morgan fingerprint density at radius 1 is 1.30 bits per heavy atom. The van der Waals surface area contributed by atoms with E-state index in [2.05, 4.69) is 34.4 Å². The second kappa shape index (κ2) is 11.4. The van der Waals surface area contributed by atoms with Gasteiger partial charge in [0.25, 0.3) is 0 Å². The molecule has 1 atom stereocenters. The fourth-order valence-electron chi connectivity index (χ4n) is 2.62. The molecule has 1 aliphatic carbocycles. The standard InChI is InChI=1S/C20H40N4O3/c1-15(2)17(23-19(25)27-20(3,4)5)10-12-24(7)18(21-6)22-11-13-26-14-16-8-9-16/h15-17H,8-14H2,1-7H3,(H,21,22)(H,23,25). The summed E-state index contributed by atoms with van der Waals surface area (Å²) in [7, 11) is 3.79. The first-order valence-corrected chi connectivity index (χ1v) is 10.1. The maximum Gasteiger partial charge on any atom is 0.407 e. The van der Waals surface area contributed by atoms with Gasteiger partial charge in [0.15, 0.2) is 5.96 Å². The number of hydrogen-bond acceptors (Lipinski definition) is 4. The number of amides is 1. The summed E-state index contributed by atoms with van der Waals surface area (Å²) in [6.07, 6.45) is 3.07. The van der Waals surface area contributed by atoms with Crippen molar-refractivity contribution in [1.82, 2.24) is 15.5 Å². The molecule has 0 aromatic carbocycles. The first-order chi connectivity index (χ1) is 12.6. The van der Waals surface area contributed by atoms with Gasteiger partial charge in [-0.05, 0) is 51.9 Å². The molecule has 158 valence electrons. The van der Waals surface area contributed by atoms with Crippen LogP contribution >= 0.6 is 0 Å². The van der Waals surface area contributed by atoms with Crippen molar-refractivity contribution in [2.24, 2.45) is 16.8 Å². The van der Waals surface area contributed by atoms with Crippen LogP contribution in [0.3, 0.4) is 0 Å². The van der Waals surface area contributed by atoms with E-state index < -0.39 is 5.60 Å². The van der Waals surface area contributed by atoms with Gasteiger partial charge >= 0.3 is 6.09 Å². The highest BCUT2D eigenvalue weighted by atomic mass is 16.6. The zero-order chi connectivity index (χ0) is 20.4. The molecule has 7 nitrogen and oxygen atoms in total. The fourth-order valence-corrected chi connectivity index (χ4v) is 2.62. The Labute approximate surface area is 165 Å². The molecule has 27 heavy (non-hydrogen) atoms. The van der Waals surface area contributed by atoms with Crippen molar-refractivity contribution in [3.05, 3.63) is 0 Å². The number of nitrogens with one attached hydrogen (secondary N) is 2. The molecule has 1 fully saturated rings. The number of carbonyl (C=O) groups excluding carboxylic acids is 1. The quantitative estimate of drug-likeness (QED) is 0.344. The molecule has 1 aliphatic rings. The Morgan fingerprint density at radius 3 is 2.48 bits per heavy atom. The average Bonchev–Trinajstić information content (AvgIpc) is 3.36. The number of hydrogen-bond donors (Lipinski definition) is 2. The lowest BCUT2D eigenvalue weighted by molar-refractivity contribution is 0.0485. The van der Waals surface area contributed by atoms with Crippen LogP contribution in [0.1, 0.15) is 53.9 Å². The predicted molar refractivity (Wildman–Crippen MR) is 110 cm³/mol. The number of guanidine groups is 1. The molecule has 7 heteroatoms. The summed E-state index contributed by atoms with van der Waals surface area (Å²) in [4.78, 5) is 18.5. The van der Waals surface area contributed by atoms with Crippen LogP contribution in [0.2, 0.25) is 0 Å². The minimum atomic E-state index is -0.490. The SMILES string of the molecule is CN=C(NCCOCC1CC1)N(C)CCC(NC(=O)OC(C)(C)C)C(C)C. The lowest BCUT2D eigenvalue weighted by Crippen LogP contribution is -2.45. The van der Waals surface area contributed by atoms with E-state index in [1.807, 2.05) is 27.8 Å². The maximum atomic E-state index is 12.1. The summed E-state index contributed by atoms with van der Waals surface area (Å²) in [5.41, 5.74) is -0.490. The van der Waals surface area contributed by atoms with Crippen molar-refractivity contribution >= 4 is 12.1 Å². The van der Waals surface area contributed by atoms with Gasteiger partial charge in [-0.2, -0.15) is 0 Å². The Balaban J connectivity index is 2.34. The number of ether oxygens (including phenoxy) is 2. The molecule has 0 bridgehead atoms. The molecular formula is C20H40N4O3. The fraction of sp³-hybridized carbons (Fsp3) is 0.900. The topological polar surface area (TPSA) is 75.2 Å². The van der Waals surface area contributed by atoms with Gasteiger partial charge in [-0.15, -0.1) is 0 Å². The van der Waals surface area contributed by atoms with Crippen LogP contribution in [0.15, 0.2) is 4.99 Å². The number of rotatable bonds is 10. The summed E-state index contributed by atoms with van der Waals surface area (Å²) in [5, 5.41) is 6.32. The molecule has 0 aliphatic heterocycles. The summed E-state index contributed by atoms with van der Waals surface area (Å²) >= 11 is 0. The number of alkyl carbamates (subject to hydrolysis) is 1. The maximum absolute atomic E-state index is 12.1. The first kappa shape index (κ1) is 23.5. The highest BCUT2D eigenvalue weighted by molar-refractivity contribution is 5.79. The molecule has 0 aromatic heterocycles. The molecule has 1 unspecified atom stereocenters. The third-order valence-electron chi connectivity index (χ3n) is 4.44. The van der Waals surface area contributed by atoms with Crippen LogP contribution < -0.4 is 10.6 Å². The van der Waals surface area contributed by atoms with Crippen molar-refractivity contribution in [2.75, 3.05) is 40.4 Å². The summed E-state index contributed by atoms with van der Waals surface area (Å²) in [6.45, 7) is 12.9. The predicted octanol–water partition coefficient (Wildman–Crippen LogP) is 2.86. The van der Waals surface area contributed by atoms with E-state index in [-0.39, 0.29) is 12.1 Å². The van der Waals surface area contributed by atoms with Gasteiger partial charge in [0, 0.05) is 39.8 Å². The van der Waals surface area contributed by atoms with E-state index >= 15 is 0 Å². The van der Waals surface area contributed by atoms with Crippen LogP contribution in [-0.4, -0.2) is 69.0 Å². The molecule has 0 heterocycles. The minimum Gasteiger partial charge on any atom is -0.444 e. The second-order valence-corrected chi connectivity index (χ2v) is 8.70. The van der Waals surface area contributed by atoms with Gasteiger partial charge in [0.1, 0.15) is 5.60 Å². The van der Waals surface area contributed by atoms with Crippen molar-refractivity contribution in [3.63, 3.8) is 0 Å². The van der Waals surface area contributed by atoms with E-state index in [1.165, 1.54) is 12.8 Å². The van der Waals surface area contributed by atoms with E-state index in [0.29, 0.717) is 12.5 Å². The Bertz CT molecular complexity index is 470. The highest BCUT2D eigenvalue weighted by Crippen LogP contribution is 2.28. The molecule has 0 saturated heterocycles. The highest BCUT2D eigenvalue weighted by Gasteiger charge is 2.22. The lowest BCUT2D eigenvalue weighted by Gasteiger charge is -2.28. The molecule has 0 aromatic rings. The first-order valence-electron chi connectivity index (χ1n) is 10.1. The lowest BCUT2D eigenvalue weighted by atomic mass is 10.0. The van der Waals surface area contributed by atoms with Crippen LogP contribution in [0.4, 0.5) is 4.79 Å². The van der Waals surface area contributed by atoms with Gasteiger partial charge in [0.2, 0.25) is 0 Å². The molecule has 1 amide bonds. The minimum absolute atomic E-state index is 0.0438. The second-order valence-electron chi connectivity index (χ2n) is 8.70. The summed E-state index contributed by atoms with van der Waals surface area (Å²) in [6, 6.07) is 0.0438. The van der Waals surface area contributed by atoms with Gasteiger partial charge in [-0.3, -0.25) is 4.99 Å². The smallest absolute Gasteiger partial charge is 0.407 e. The molecule has 1 saturated carbocycles. The molecular weight excluding hydrogens is 344 g/mol. The van der Waals surface area contributed by atoms with E-state index in [1.54, 1.807) is 7.05 Å². The van der Waals surface area contributed by atoms with Crippen LogP contribution in [0, 0.1) is 11.8 Å². The molecule has 0 radical (unpaired) electrons. The molecule has 0 spiro atoms. The third kappa shape index (κ3) is 11.1. The normalized spacial score (nSPS) is 16.2. The van der Waals surface area contributed by atoms with Gasteiger partial charge < -0.3 is 25.0 Å². The Hall–Kier alpha value is -1.50. The monoisotopic (exact) mass is 384 g/mol. The van der Waals surface area contributed by atoms with Crippen molar-refractivity contribution < 1.29 is 14.3 Å². The average molecular weight is 385 g/mol.